The number of aromatic nitrogens is 8. The lowest BCUT2D eigenvalue weighted by Gasteiger charge is -2.34. The topological polar surface area (TPSA) is 395 Å². The zero-order valence-corrected chi connectivity index (χ0v) is 72.1. The van der Waals surface area contributed by atoms with Gasteiger partial charge in [-0.05, 0) is 106 Å². The minimum absolute atomic E-state index is 0.0301. The lowest BCUT2D eigenvalue weighted by atomic mass is 10.1. The molecule has 9 heterocycles. The molecule has 122 heavy (non-hydrogen) atoms. The number of piperazine rings is 3. The molecule has 3 saturated heterocycles. The molecule has 0 radical (unpaired) electrons. The summed E-state index contributed by atoms with van der Waals surface area (Å²) in [5.74, 6) is 1.10. The van der Waals surface area contributed by atoms with Crippen molar-refractivity contribution < 1.29 is 33.4 Å². The number of anilines is 8. The molecule has 0 amide bonds. The normalized spacial score (nSPS) is 12.8. The molecule has 0 unspecified atom stereocenters. The summed E-state index contributed by atoms with van der Waals surface area (Å²) < 4.78 is 25.5. The molecular formula is C82H96Cl4F2N24O10. The van der Waals surface area contributed by atoms with Crippen LogP contribution in [0.15, 0.2) is 201 Å². The molecule has 0 aliphatic carbocycles. The first-order valence-electron chi connectivity index (χ1n) is 37.8. The van der Waals surface area contributed by atoms with Gasteiger partial charge in [-0.25, -0.2) is 44.3 Å². The number of nitrogens with zero attached hydrogens (tertiary/aromatic N) is 21. The fourth-order valence-electron chi connectivity index (χ4n) is 11.6. The molecule has 12 aromatic rings. The summed E-state index contributed by atoms with van der Waals surface area (Å²) in [5.41, 5.74) is 9.10. The highest BCUT2D eigenvalue weighted by Crippen LogP contribution is 2.37. The number of nitrogens with two attached hydrogens (primary N) is 1. The number of nitrogens with one attached hydrogen (secondary N) is 2. The Morgan fingerprint density at radius 3 is 1.21 bits per heavy atom. The van der Waals surface area contributed by atoms with E-state index in [4.69, 9.17) is 52.1 Å². The summed E-state index contributed by atoms with van der Waals surface area (Å²) in [6.07, 6.45) is 11.7. The van der Waals surface area contributed by atoms with Crippen LogP contribution in [0, 0.1) is 62.3 Å². The van der Waals surface area contributed by atoms with Crippen molar-refractivity contribution in [1.29, 1.82) is 0 Å². The molecule has 3 fully saturated rings. The van der Waals surface area contributed by atoms with Crippen LogP contribution in [-0.4, -0.2) is 221 Å². The van der Waals surface area contributed by atoms with E-state index < -0.39 is 32.2 Å². The molecular weight excluding hydrogens is 1660 g/mol. The van der Waals surface area contributed by atoms with Gasteiger partial charge in [0.05, 0.1) is 69.6 Å². The molecule has 646 valence electrons. The van der Waals surface area contributed by atoms with E-state index in [1.54, 1.807) is 67.9 Å². The minimum Gasteiger partial charge on any atom is -0.396 e. The smallest absolute Gasteiger partial charge is 0.323 e. The van der Waals surface area contributed by atoms with E-state index in [9.17, 15) is 59.4 Å². The fraction of sp³-hybridized carbons (Fsp3) is 0.293. The maximum absolute atomic E-state index is 13.2. The van der Waals surface area contributed by atoms with Gasteiger partial charge in [0.2, 0.25) is 11.1 Å². The highest BCUT2D eigenvalue weighted by atomic mass is 35.5. The number of hydrogen-bond donors (Lipinski definition) is 3. The van der Waals surface area contributed by atoms with Crippen LogP contribution in [-0.2, 0) is 0 Å². The van der Waals surface area contributed by atoms with E-state index in [2.05, 4.69) is 110 Å². The molecule has 0 atom stereocenters. The van der Waals surface area contributed by atoms with Gasteiger partial charge in [-0.15, -0.1) is 0 Å². The van der Waals surface area contributed by atoms with Crippen LogP contribution in [0.1, 0.15) is 20.3 Å². The molecule has 3 aliphatic heterocycles. The number of hydrogen-bond acceptors (Lipinski definition) is 29. The number of halogens is 6. The van der Waals surface area contributed by atoms with Crippen molar-refractivity contribution in [3.05, 3.63) is 284 Å². The largest absolute Gasteiger partial charge is 0.396 e. The van der Waals surface area contributed by atoms with Gasteiger partial charge in [0.15, 0.2) is 22.6 Å². The summed E-state index contributed by atoms with van der Waals surface area (Å²) in [6.45, 7) is 16.9. The zero-order chi connectivity index (χ0) is 89.5. The van der Waals surface area contributed by atoms with E-state index in [-0.39, 0.29) is 48.4 Å². The molecule has 0 bridgehead atoms. The molecule has 6 aromatic heterocycles. The first-order valence-corrected chi connectivity index (χ1v) is 39.3. The molecule has 0 saturated carbocycles. The monoisotopic (exact) mass is 1750 g/mol. The van der Waals surface area contributed by atoms with Gasteiger partial charge in [0.1, 0.15) is 17.2 Å². The predicted octanol–water partition coefficient (Wildman–Crippen LogP) is 16.5. The average molecular weight is 1760 g/mol. The van der Waals surface area contributed by atoms with Gasteiger partial charge in [-0.2, -0.15) is 4.39 Å². The Morgan fingerprint density at radius 2 is 0.828 bits per heavy atom. The highest BCUT2D eigenvalue weighted by molar-refractivity contribution is 6.41. The summed E-state index contributed by atoms with van der Waals surface area (Å²) in [7, 11) is 17.5. The first kappa shape index (κ1) is 98.1. The number of fused-ring (bicyclic) bond motifs is 3. The molecule has 4 N–H and O–H groups in total. The second-order valence-electron chi connectivity index (χ2n) is 27.3. The van der Waals surface area contributed by atoms with Gasteiger partial charge < -0.3 is 55.6 Å². The molecule has 6 aromatic carbocycles. The Labute approximate surface area is 724 Å². The number of non-ortho nitro benzene ring substituents is 3. The number of nitro benzene ring substituents is 3. The van der Waals surface area contributed by atoms with Crippen LogP contribution >= 0.6 is 46.4 Å². The number of nitro groups is 5. The first-order chi connectivity index (χ1) is 58.3. The predicted molar refractivity (Wildman–Crippen MR) is 483 cm³/mol. The van der Waals surface area contributed by atoms with Crippen LogP contribution in [0.3, 0.4) is 0 Å². The maximum atomic E-state index is 13.2. The van der Waals surface area contributed by atoms with E-state index in [0.717, 1.165) is 123 Å². The lowest BCUT2D eigenvalue weighted by Crippen LogP contribution is -2.44. The maximum Gasteiger partial charge on any atom is 0.323 e. The second kappa shape index (κ2) is 50.4. The SMILES string of the molecule is CCC.CN(C)c1ncccc1N.CN(C)c1ncccc1Nc1ncncc1Cl.CN(C)c1ncccc1[N+](=O)[O-].CN1CCN(c2ccc([N+](=O)[O-])c3ccccc23)CC1.CN1CCN(c2ccc([N+](=O)[O-])c3ccccc23)CC1.CN1CCNCC1.Clc1ncc(Cl)c(Cl)n1.O=[N+]([O-])c1ccc(F)c2ccccc12.O=[N+]([O-])c1cccnc1F. The summed E-state index contributed by atoms with van der Waals surface area (Å²) in [4.78, 5) is 98.2. The van der Waals surface area contributed by atoms with Gasteiger partial charge in [0.25, 0.3) is 23.0 Å². The van der Waals surface area contributed by atoms with Crippen molar-refractivity contribution >= 4 is 153 Å². The van der Waals surface area contributed by atoms with Crippen molar-refractivity contribution in [1.82, 2.24) is 59.9 Å². The average Bonchev–Trinajstić information content (AvgIpc) is 0.769. The Balaban J connectivity index is 0.000000215. The van der Waals surface area contributed by atoms with E-state index in [0.29, 0.717) is 43.5 Å². The van der Waals surface area contributed by atoms with Crippen LogP contribution in [0.4, 0.5) is 83.2 Å². The molecule has 15 rings (SSSR count). The Hall–Kier alpha value is -12.7. The summed E-state index contributed by atoms with van der Waals surface area (Å²) in [6, 6.07) is 43.6. The number of rotatable bonds is 12. The third-order valence-electron chi connectivity index (χ3n) is 17.6. The van der Waals surface area contributed by atoms with E-state index in [1.165, 1.54) is 68.6 Å². The van der Waals surface area contributed by atoms with Crippen LogP contribution in [0.25, 0.3) is 32.3 Å². The van der Waals surface area contributed by atoms with Crippen LogP contribution in [0.5, 0.6) is 0 Å². The Kier molecular flexibility index (Phi) is 40.6. The van der Waals surface area contributed by atoms with Crippen molar-refractivity contribution in [3.63, 3.8) is 0 Å². The zero-order valence-electron chi connectivity index (χ0n) is 69.1. The van der Waals surface area contributed by atoms with Gasteiger partial charge >= 0.3 is 11.4 Å². The molecule has 0 spiro atoms. The summed E-state index contributed by atoms with van der Waals surface area (Å²) >= 11 is 22.2. The van der Waals surface area contributed by atoms with Crippen molar-refractivity contribution in [3.8, 4) is 0 Å². The number of pyridine rings is 4. The van der Waals surface area contributed by atoms with Crippen molar-refractivity contribution in [2.75, 3.05) is 178 Å². The van der Waals surface area contributed by atoms with Crippen LogP contribution < -0.4 is 40.9 Å². The number of benzene rings is 6. The third-order valence-corrected chi connectivity index (χ3v) is 18.7. The highest BCUT2D eigenvalue weighted by Gasteiger charge is 2.24. The van der Waals surface area contributed by atoms with Crippen molar-refractivity contribution in [2.24, 2.45) is 0 Å². The molecule has 40 heteroatoms. The fourth-order valence-corrected chi connectivity index (χ4v) is 12.1. The second-order valence-corrected chi connectivity index (χ2v) is 28.8. The van der Waals surface area contributed by atoms with E-state index in [1.807, 2.05) is 123 Å². The third kappa shape index (κ3) is 30.5. The number of nitrogen functional groups attached to an aromatic ring is 1. The van der Waals surface area contributed by atoms with Gasteiger partial charge in [0, 0.05) is 203 Å². The quantitative estimate of drug-likeness (QED) is 0.0336. The standard InChI is InChI=1S/2C15H17N3O2.C11H12ClN5.C10H6FNO2.C7H9N3O2.C7H11N3.C5H3FN2O2.C5H12N2.C4HCl3N2.C3H8/c2*1-16-8-10-17(11-9-16)14-6-7-15(18(19)20)13-5-3-2-4-12(13)14;1-17(2)11-9(4-3-5-14-11)16-10-8(12)6-13-7-15-10;11-9-5-6-10(12(13)14)8-4-2-1-3-7(8)9;1-9(2)7-6(10(11)12)4-3-5-8-7;1-10(2)7-6(8)4-3-5-9-7;6-5-4(8(9)10)2-1-3-7-5;1-7-4-2-6-3-5-7;5-2-1-8-4(7)9-3(2)6;1-3-2/h2*2-7H,8-11H2,1H3;3-7H,1-2H3,(H,13,15,16);1-6H;3-5H,1-2H3;3-5H,8H2,1-2H3;1-3H;6H,2-5H2,1H3;1H;3H2,1-2H3. The van der Waals surface area contributed by atoms with Crippen LogP contribution in [0.2, 0.25) is 20.5 Å². The summed E-state index contributed by atoms with van der Waals surface area (Å²) in [5, 5.41) is 64.7. The Morgan fingerprint density at radius 1 is 0.434 bits per heavy atom. The number of likely N-dealkylation sites (N-methyl/N-ethyl adjacent to an activating group) is 3. The Bertz CT molecular complexity index is 5280. The minimum atomic E-state index is -1.05. The molecule has 34 nitrogen and oxygen atoms in total. The molecule has 3 aliphatic rings. The van der Waals surface area contributed by atoms with Gasteiger partial charge in [-0.1, -0.05) is 110 Å². The van der Waals surface area contributed by atoms with Crippen molar-refractivity contribution in [2.45, 2.75) is 20.3 Å². The lowest BCUT2D eigenvalue weighted by molar-refractivity contribution is -0.388. The van der Waals surface area contributed by atoms with Gasteiger partial charge in [-0.3, -0.25) is 50.6 Å². The van der Waals surface area contributed by atoms with E-state index >= 15 is 0 Å².